The van der Waals surface area contributed by atoms with E-state index in [1.54, 1.807) is 24.3 Å². The van der Waals surface area contributed by atoms with E-state index in [1.807, 2.05) is 0 Å². The quantitative estimate of drug-likeness (QED) is 0.697. The van der Waals surface area contributed by atoms with Crippen LogP contribution in [0.25, 0.3) is 0 Å². The van der Waals surface area contributed by atoms with E-state index < -0.39 is 5.91 Å². The van der Waals surface area contributed by atoms with Crippen molar-refractivity contribution < 1.29 is 9.59 Å². The molecule has 2 rings (SSSR count). The van der Waals surface area contributed by atoms with Crippen LogP contribution >= 0.6 is 0 Å². The fourth-order valence-electron chi connectivity index (χ4n) is 1.60. The molecule has 0 spiro atoms. The molecule has 0 aliphatic heterocycles. The molecule has 5 nitrogen and oxygen atoms in total. The molecule has 1 aromatic carbocycles. The summed E-state index contributed by atoms with van der Waals surface area (Å²) in [5.74, 6) is -0.357. The van der Waals surface area contributed by atoms with Gasteiger partial charge in [0.1, 0.15) is 0 Å². The van der Waals surface area contributed by atoms with Crippen LogP contribution in [0.2, 0.25) is 0 Å². The molecule has 4 N–H and O–H groups in total. The molecule has 0 saturated heterocycles. The van der Waals surface area contributed by atoms with E-state index in [0.717, 1.165) is 18.5 Å². The largest absolute Gasteiger partial charge is 0.385 e. The average Bonchev–Trinajstić information content (AvgIpc) is 3.13. The van der Waals surface area contributed by atoms with Crippen LogP contribution in [0.1, 0.15) is 29.6 Å². The average molecular weight is 247 g/mol. The summed E-state index contributed by atoms with van der Waals surface area (Å²) in [5.41, 5.74) is 6.50. The molecule has 0 atom stereocenters. The minimum Gasteiger partial charge on any atom is -0.385 e. The highest BCUT2D eigenvalue weighted by Gasteiger charge is 2.22. The maximum Gasteiger partial charge on any atom is 0.248 e. The van der Waals surface area contributed by atoms with Gasteiger partial charge in [-0.15, -0.1) is 0 Å². The van der Waals surface area contributed by atoms with Gasteiger partial charge in [0.25, 0.3) is 0 Å². The second-order valence-corrected chi connectivity index (χ2v) is 4.46. The normalized spacial score (nSPS) is 14.0. The van der Waals surface area contributed by atoms with Crippen LogP contribution in [-0.2, 0) is 4.79 Å². The lowest BCUT2D eigenvalue weighted by atomic mass is 10.2. The van der Waals surface area contributed by atoms with E-state index in [2.05, 4.69) is 10.6 Å². The first-order valence-electron chi connectivity index (χ1n) is 6.08. The van der Waals surface area contributed by atoms with Crippen molar-refractivity contribution in [1.82, 2.24) is 5.32 Å². The van der Waals surface area contributed by atoms with Gasteiger partial charge in [-0.25, -0.2) is 0 Å². The molecule has 0 aromatic heterocycles. The van der Waals surface area contributed by atoms with Crippen LogP contribution in [-0.4, -0.2) is 24.4 Å². The van der Waals surface area contributed by atoms with Crippen molar-refractivity contribution in [3.63, 3.8) is 0 Å². The number of amides is 2. The first-order valence-corrected chi connectivity index (χ1v) is 6.08. The van der Waals surface area contributed by atoms with Gasteiger partial charge in [-0.05, 0) is 37.1 Å². The highest BCUT2D eigenvalue weighted by molar-refractivity contribution is 5.93. The maximum atomic E-state index is 11.4. The van der Waals surface area contributed by atoms with Crippen molar-refractivity contribution in [2.45, 2.75) is 25.3 Å². The lowest BCUT2D eigenvalue weighted by Gasteiger charge is -2.07. The second-order valence-electron chi connectivity index (χ2n) is 4.46. The number of carbonyl (C=O) groups excluding carboxylic acids is 2. The summed E-state index contributed by atoms with van der Waals surface area (Å²) in [6, 6.07) is 7.29. The number of nitrogens with two attached hydrogens (primary N) is 1. The molecule has 1 aromatic rings. The van der Waals surface area contributed by atoms with Crippen molar-refractivity contribution in [2.24, 2.45) is 5.73 Å². The summed E-state index contributed by atoms with van der Waals surface area (Å²) in [7, 11) is 0. The zero-order valence-electron chi connectivity index (χ0n) is 10.1. The third-order valence-electron chi connectivity index (χ3n) is 2.79. The molecule has 1 aliphatic rings. The molecular formula is C13H17N3O2. The highest BCUT2D eigenvalue weighted by atomic mass is 16.2. The van der Waals surface area contributed by atoms with Gasteiger partial charge in [-0.3, -0.25) is 9.59 Å². The lowest BCUT2D eigenvalue weighted by Crippen LogP contribution is -2.27. The molecule has 0 radical (unpaired) electrons. The van der Waals surface area contributed by atoms with Gasteiger partial charge >= 0.3 is 0 Å². The topological polar surface area (TPSA) is 84.2 Å². The number of nitrogens with one attached hydrogen (secondary N) is 2. The third-order valence-corrected chi connectivity index (χ3v) is 2.79. The molecule has 0 unspecified atom stereocenters. The number of rotatable bonds is 6. The minimum absolute atomic E-state index is 0.0822. The van der Waals surface area contributed by atoms with Crippen LogP contribution in [0.3, 0.4) is 0 Å². The maximum absolute atomic E-state index is 11.4. The number of primary amides is 1. The molecule has 96 valence electrons. The number of benzene rings is 1. The summed E-state index contributed by atoms with van der Waals surface area (Å²) >= 11 is 0. The Morgan fingerprint density at radius 1 is 1.22 bits per heavy atom. The van der Waals surface area contributed by atoms with E-state index in [0.29, 0.717) is 24.6 Å². The molecule has 0 heterocycles. The van der Waals surface area contributed by atoms with Crippen LogP contribution in [0.4, 0.5) is 5.69 Å². The van der Waals surface area contributed by atoms with Gasteiger partial charge in [-0.1, -0.05) is 0 Å². The van der Waals surface area contributed by atoms with Crippen molar-refractivity contribution in [3.05, 3.63) is 29.8 Å². The SMILES string of the molecule is NC(=O)c1ccc(NCCC(=O)NC2CC2)cc1. The fraction of sp³-hybridized carbons (Fsp3) is 0.385. The van der Waals surface area contributed by atoms with Gasteiger partial charge in [0.05, 0.1) is 0 Å². The van der Waals surface area contributed by atoms with Crippen molar-refractivity contribution in [3.8, 4) is 0 Å². The fourth-order valence-corrected chi connectivity index (χ4v) is 1.60. The van der Waals surface area contributed by atoms with Crippen LogP contribution in [0.15, 0.2) is 24.3 Å². The summed E-state index contributed by atoms with van der Waals surface area (Å²) in [6.45, 7) is 0.578. The molecule has 1 fully saturated rings. The summed E-state index contributed by atoms with van der Waals surface area (Å²) in [5, 5.41) is 6.05. The van der Waals surface area contributed by atoms with Crippen molar-refractivity contribution in [1.29, 1.82) is 0 Å². The predicted molar refractivity (Wildman–Crippen MR) is 69.2 cm³/mol. The Kier molecular flexibility index (Phi) is 3.82. The molecule has 1 saturated carbocycles. The minimum atomic E-state index is -0.439. The molecule has 1 aliphatic carbocycles. The van der Waals surface area contributed by atoms with E-state index in [4.69, 9.17) is 5.73 Å². The van der Waals surface area contributed by atoms with Crippen LogP contribution in [0.5, 0.6) is 0 Å². The first-order chi connectivity index (χ1) is 8.65. The molecule has 2 amide bonds. The van der Waals surface area contributed by atoms with Crippen molar-refractivity contribution in [2.75, 3.05) is 11.9 Å². The first kappa shape index (κ1) is 12.4. The Morgan fingerprint density at radius 2 is 1.89 bits per heavy atom. The van der Waals surface area contributed by atoms with Gasteiger partial charge < -0.3 is 16.4 Å². The molecule has 5 heteroatoms. The molecule has 18 heavy (non-hydrogen) atoms. The van der Waals surface area contributed by atoms with Gasteiger partial charge in [-0.2, -0.15) is 0 Å². The number of anilines is 1. The monoisotopic (exact) mass is 247 g/mol. The Balaban J connectivity index is 1.72. The molecular weight excluding hydrogens is 230 g/mol. The van der Waals surface area contributed by atoms with Gasteiger partial charge in [0.2, 0.25) is 11.8 Å². The Bertz CT molecular complexity index is 438. The van der Waals surface area contributed by atoms with Crippen LogP contribution < -0.4 is 16.4 Å². The van der Waals surface area contributed by atoms with E-state index >= 15 is 0 Å². The van der Waals surface area contributed by atoms with E-state index in [9.17, 15) is 9.59 Å². The molecule has 0 bridgehead atoms. The standard InChI is InChI=1S/C13H17N3O2/c14-13(18)9-1-3-10(4-2-9)15-8-7-12(17)16-11-5-6-11/h1-4,11,15H,5-8H2,(H2,14,18)(H,16,17). The zero-order valence-corrected chi connectivity index (χ0v) is 10.1. The number of carbonyl (C=O) groups is 2. The van der Waals surface area contributed by atoms with Gasteiger partial charge in [0, 0.05) is 30.3 Å². The summed E-state index contributed by atoms with van der Waals surface area (Å²) in [6.07, 6.45) is 2.66. The predicted octanol–water partition coefficient (Wildman–Crippen LogP) is 0.866. The smallest absolute Gasteiger partial charge is 0.248 e. The van der Waals surface area contributed by atoms with E-state index in [-0.39, 0.29) is 5.91 Å². The summed E-state index contributed by atoms with van der Waals surface area (Å²) in [4.78, 5) is 22.3. The number of hydrogen-bond acceptors (Lipinski definition) is 3. The Morgan fingerprint density at radius 3 is 2.44 bits per heavy atom. The Hall–Kier alpha value is -2.04. The van der Waals surface area contributed by atoms with Crippen LogP contribution in [0, 0.1) is 0 Å². The number of hydrogen-bond donors (Lipinski definition) is 3. The summed E-state index contributed by atoms with van der Waals surface area (Å²) < 4.78 is 0. The second kappa shape index (κ2) is 5.53. The van der Waals surface area contributed by atoms with Gasteiger partial charge in [0.15, 0.2) is 0 Å². The lowest BCUT2D eigenvalue weighted by molar-refractivity contribution is -0.120. The highest BCUT2D eigenvalue weighted by Crippen LogP contribution is 2.18. The zero-order chi connectivity index (χ0) is 13.0. The third kappa shape index (κ3) is 3.76. The van der Waals surface area contributed by atoms with Crippen molar-refractivity contribution >= 4 is 17.5 Å². The Labute approximate surface area is 106 Å². The van der Waals surface area contributed by atoms with E-state index in [1.165, 1.54) is 0 Å².